The Labute approximate surface area is 122 Å². The third-order valence-electron chi connectivity index (χ3n) is 4.95. The second kappa shape index (κ2) is 5.97. The molecule has 1 saturated carbocycles. The van der Waals surface area contributed by atoms with Gasteiger partial charge in [-0.05, 0) is 58.1 Å². The number of nitrogens with one attached hydrogen (secondary N) is 1. The Hall–Kier alpha value is -1.34. The largest absolute Gasteiger partial charge is 0.299 e. The van der Waals surface area contributed by atoms with E-state index in [9.17, 15) is 5.26 Å². The first-order valence-electron chi connectivity index (χ1n) is 7.71. The summed E-state index contributed by atoms with van der Waals surface area (Å²) in [6, 6.07) is 2.56. The molecule has 0 aromatic carbocycles. The molecule has 4 heteroatoms. The first kappa shape index (κ1) is 15.1. The van der Waals surface area contributed by atoms with Crippen LogP contribution in [0.15, 0.2) is 0 Å². The maximum absolute atomic E-state index is 9.58. The molecule has 1 aliphatic rings. The van der Waals surface area contributed by atoms with Crippen LogP contribution in [0.25, 0.3) is 0 Å². The number of aromatic nitrogens is 2. The third kappa shape index (κ3) is 2.60. The Morgan fingerprint density at radius 3 is 2.75 bits per heavy atom. The van der Waals surface area contributed by atoms with Crippen molar-refractivity contribution in [1.82, 2.24) is 15.1 Å². The van der Waals surface area contributed by atoms with Crippen LogP contribution in [-0.2, 0) is 6.54 Å². The number of nitrogens with zero attached hydrogens (tertiary/aromatic N) is 3. The zero-order valence-corrected chi connectivity index (χ0v) is 13.2. The molecule has 2 atom stereocenters. The molecule has 1 fully saturated rings. The van der Waals surface area contributed by atoms with Crippen LogP contribution in [0, 0.1) is 38.0 Å². The molecule has 4 nitrogen and oxygen atoms in total. The van der Waals surface area contributed by atoms with Gasteiger partial charge in [0.1, 0.15) is 5.54 Å². The average Bonchev–Trinajstić information content (AvgIpc) is 2.94. The molecule has 0 bridgehead atoms. The minimum absolute atomic E-state index is 0.306. The number of rotatable bonds is 5. The summed E-state index contributed by atoms with van der Waals surface area (Å²) in [5.41, 5.74) is 3.35. The van der Waals surface area contributed by atoms with E-state index in [0.717, 1.165) is 44.5 Å². The lowest BCUT2D eigenvalue weighted by Gasteiger charge is -2.29. The molecule has 0 radical (unpaired) electrons. The van der Waals surface area contributed by atoms with Gasteiger partial charge in [-0.15, -0.1) is 0 Å². The van der Waals surface area contributed by atoms with E-state index in [4.69, 9.17) is 0 Å². The van der Waals surface area contributed by atoms with E-state index in [1.165, 1.54) is 11.3 Å². The van der Waals surface area contributed by atoms with E-state index in [2.05, 4.69) is 48.9 Å². The van der Waals surface area contributed by atoms with E-state index in [1.807, 2.05) is 0 Å². The Balaban J connectivity index is 2.06. The highest BCUT2D eigenvalue weighted by Gasteiger charge is 2.42. The SMILES string of the molecule is CCNC1(C#N)CCCC1CCn1nc(C)c(C)c1C. The summed E-state index contributed by atoms with van der Waals surface area (Å²) in [5, 5.41) is 17.6. The van der Waals surface area contributed by atoms with E-state index in [1.54, 1.807) is 0 Å². The van der Waals surface area contributed by atoms with E-state index in [0.29, 0.717) is 5.92 Å². The number of nitriles is 1. The van der Waals surface area contributed by atoms with Crippen LogP contribution in [0.5, 0.6) is 0 Å². The van der Waals surface area contributed by atoms with E-state index in [-0.39, 0.29) is 5.54 Å². The van der Waals surface area contributed by atoms with Crippen LogP contribution < -0.4 is 5.32 Å². The molecule has 2 unspecified atom stereocenters. The monoisotopic (exact) mass is 274 g/mol. The predicted octanol–water partition coefficient (Wildman–Crippen LogP) is 2.87. The van der Waals surface area contributed by atoms with Crippen molar-refractivity contribution in [3.05, 3.63) is 17.0 Å². The van der Waals surface area contributed by atoms with Crippen molar-refractivity contribution >= 4 is 0 Å². The number of hydrogen-bond donors (Lipinski definition) is 1. The highest BCUT2D eigenvalue weighted by molar-refractivity contribution is 5.22. The molecule has 0 spiro atoms. The van der Waals surface area contributed by atoms with Crippen molar-refractivity contribution in [3.63, 3.8) is 0 Å². The normalized spacial score (nSPS) is 25.9. The second-order valence-electron chi connectivity index (χ2n) is 6.01. The van der Waals surface area contributed by atoms with Gasteiger partial charge in [-0.2, -0.15) is 10.4 Å². The fraction of sp³-hybridized carbons (Fsp3) is 0.750. The van der Waals surface area contributed by atoms with Crippen molar-refractivity contribution in [1.29, 1.82) is 5.26 Å². The summed E-state index contributed by atoms with van der Waals surface area (Å²) < 4.78 is 2.11. The molecule has 2 rings (SSSR count). The van der Waals surface area contributed by atoms with Gasteiger partial charge >= 0.3 is 0 Å². The third-order valence-corrected chi connectivity index (χ3v) is 4.95. The molecule has 1 aromatic heterocycles. The van der Waals surface area contributed by atoms with Crippen molar-refractivity contribution in [2.45, 2.75) is 65.5 Å². The predicted molar refractivity (Wildman–Crippen MR) is 80.4 cm³/mol. The van der Waals surface area contributed by atoms with Crippen molar-refractivity contribution in [2.75, 3.05) is 6.54 Å². The van der Waals surface area contributed by atoms with Crippen molar-refractivity contribution < 1.29 is 0 Å². The summed E-state index contributed by atoms with van der Waals surface area (Å²) in [4.78, 5) is 0. The quantitative estimate of drug-likeness (QED) is 0.898. The van der Waals surface area contributed by atoms with Gasteiger partial charge in [0.2, 0.25) is 0 Å². The highest BCUT2D eigenvalue weighted by atomic mass is 15.3. The van der Waals surface area contributed by atoms with Gasteiger partial charge in [0, 0.05) is 12.2 Å². The van der Waals surface area contributed by atoms with Gasteiger partial charge < -0.3 is 0 Å². The summed E-state index contributed by atoms with van der Waals surface area (Å²) in [5.74, 6) is 0.441. The fourth-order valence-electron chi connectivity index (χ4n) is 3.49. The molecular formula is C16H26N4. The molecule has 20 heavy (non-hydrogen) atoms. The molecule has 110 valence electrons. The van der Waals surface area contributed by atoms with Gasteiger partial charge in [-0.1, -0.05) is 13.3 Å². The summed E-state index contributed by atoms with van der Waals surface area (Å²) in [7, 11) is 0. The lowest BCUT2D eigenvalue weighted by atomic mass is 9.86. The summed E-state index contributed by atoms with van der Waals surface area (Å²) >= 11 is 0. The molecule has 1 aliphatic carbocycles. The zero-order valence-electron chi connectivity index (χ0n) is 13.2. The Morgan fingerprint density at radius 2 is 2.20 bits per heavy atom. The van der Waals surface area contributed by atoms with Crippen LogP contribution in [0.3, 0.4) is 0 Å². The lowest BCUT2D eigenvalue weighted by molar-refractivity contribution is 0.290. The van der Waals surface area contributed by atoms with E-state index >= 15 is 0 Å². The first-order chi connectivity index (χ1) is 9.54. The van der Waals surface area contributed by atoms with Gasteiger partial charge in [-0.3, -0.25) is 10.00 Å². The first-order valence-corrected chi connectivity index (χ1v) is 7.71. The molecule has 1 heterocycles. The maximum Gasteiger partial charge on any atom is 0.109 e. The van der Waals surface area contributed by atoms with Crippen LogP contribution >= 0.6 is 0 Å². The Morgan fingerprint density at radius 1 is 1.45 bits per heavy atom. The van der Waals surface area contributed by atoms with Crippen LogP contribution in [-0.4, -0.2) is 21.9 Å². The minimum Gasteiger partial charge on any atom is -0.299 e. The standard InChI is InChI=1S/C16H26N4/c1-5-18-16(11-17)9-6-7-15(16)8-10-20-14(4)12(2)13(3)19-20/h15,18H,5-10H2,1-4H3. The molecule has 0 aliphatic heterocycles. The number of hydrogen-bond acceptors (Lipinski definition) is 3. The summed E-state index contributed by atoms with van der Waals surface area (Å²) in [6.45, 7) is 10.2. The minimum atomic E-state index is -0.306. The fourth-order valence-corrected chi connectivity index (χ4v) is 3.49. The van der Waals surface area contributed by atoms with Gasteiger partial charge in [0.15, 0.2) is 0 Å². The van der Waals surface area contributed by atoms with E-state index < -0.39 is 0 Å². The van der Waals surface area contributed by atoms with Gasteiger partial charge in [0.25, 0.3) is 0 Å². The average molecular weight is 274 g/mol. The topological polar surface area (TPSA) is 53.6 Å². The lowest BCUT2D eigenvalue weighted by Crippen LogP contribution is -2.47. The van der Waals surface area contributed by atoms with Gasteiger partial charge in [0.05, 0.1) is 11.8 Å². The molecular weight excluding hydrogens is 248 g/mol. The Kier molecular flexibility index (Phi) is 4.49. The second-order valence-corrected chi connectivity index (χ2v) is 6.01. The smallest absolute Gasteiger partial charge is 0.109 e. The molecule has 1 N–H and O–H groups in total. The maximum atomic E-state index is 9.58. The van der Waals surface area contributed by atoms with Crippen molar-refractivity contribution in [3.8, 4) is 6.07 Å². The Bertz CT molecular complexity index is 511. The molecule has 1 aromatic rings. The highest BCUT2D eigenvalue weighted by Crippen LogP contribution is 2.37. The summed E-state index contributed by atoms with van der Waals surface area (Å²) in [6.07, 6.45) is 4.32. The number of aryl methyl sites for hydroxylation is 2. The van der Waals surface area contributed by atoms with Gasteiger partial charge in [-0.25, -0.2) is 0 Å². The van der Waals surface area contributed by atoms with Crippen LogP contribution in [0.2, 0.25) is 0 Å². The van der Waals surface area contributed by atoms with Crippen LogP contribution in [0.1, 0.15) is 49.6 Å². The van der Waals surface area contributed by atoms with Crippen molar-refractivity contribution in [2.24, 2.45) is 5.92 Å². The molecule has 0 amide bonds. The zero-order chi connectivity index (χ0) is 14.8. The van der Waals surface area contributed by atoms with Crippen LogP contribution in [0.4, 0.5) is 0 Å². The molecule has 0 saturated heterocycles.